The Labute approximate surface area is 192 Å². The maximum atomic E-state index is 5.93. The minimum Gasteiger partial charge on any atom is -0.457 e. The van der Waals surface area contributed by atoms with Gasteiger partial charge in [-0.15, -0.1) is 11.3 Å². The van der Waals surface area contributed by atoms with Crippen LogP contribution in [0.25, 0.3) is 11.3 Å². The Morgan fingerprint density at radius 3 is 2.38 bits per heavy atom. The van der Waals surface area contributed by atoms with Gasteiger partial charge in [-0.3, -0.25) is 0 Å². The van der Waals surface area contributed by atoms with Crippen molar-refractivity contribution in [3.05, 3.63) is 84.2 Å². The van der Waals surface area contributed by atoms with Crippen molar-refractivity contribution in [1.29, 1.82) is 0 Å². The van der Waals surface area contributed by atoms with Crippen LogP contribution in [0.1, 0.15) is 0 Å². The van der Waals surface area contributed by atoms with Gasteiger partial charge in [-0.25, -0.2) is 4.98 Å². The third-order valence-electron chi connectivity index (χ3n) is 5.60. The molecule has 1 fully saturated rings. The Kier molecular flexibility index (Phi) is 6.05. The lowest BCUT2D eigenvalue weighted by atomic mass is 10.1. The number of para-hydroxylation sites is 1. The highest BCUT2D eigenvalue weighted by Gasteiger charge is 2.14. The molecule has 6 heteroatoms. The summed E-state index contributed by atoms with van der Waals surface area (Å²) < 4.78 is 5.93. The average molecular weight is 443 g/mol. The molecular formula is C26H26N4OS. The lowest BCUT2D eigenvalue weighted by Gasteiger charge is -2.34. The minimum absolute atomic E-state index is 0.789. The first-order valence-corrected chi connectivity index (χ1v) is 11.7. The Balaban J connectivity index is 1.25. The van der Waals surface area contributed by atoms with Crippen LogP contribution in [0.5, 0.6) is 11.5 Å². The van der Waals surface area contributed by atoms with Crippen molar-refractivity contribution in [2.45, 2.75) is 0 Å². The quantitative estimate of drug-likeness (QED) is 0.391. The molecule has 5 nitrogen and oxygen atoms in total. The van der Waals surface area contributed by atoms with E-state index in [0.717, 1.165) is 59.8 Å². The predicted molar refractivity (Wildman–Crippen MR) is 134 cm³/mol. The number of aromatic nitrogens is 1. The van der Waals surface area contributed by atoms with Crippen molar-refractivity contribution < 1.29 is 4.74 Å². The molecule has 0 spiro atoms. The molecule has 1 N–H and O–H groups in total. The summed E-state index contributed by atoms with van der Waals surface area (Å²) in [5.74, 6) is 1.61. The number of ether oxygens (including phenoxy) is 1. The number of hydrogen-bond acceptors (Lipinski definition) is 6. The maximum Gasteiger partial charge on any atom is 0.187 e. The van der Waals surface area contributed by atoms with Gasteiger partial charge in [-0.05, 0) is 43.4 Å². The fraction of sp³-hybridized carbons (Fsp3) is 0.192. The molecule has 1 aromatic heterocycles. The van der Waals surface area contributed by atoms with Crippen LogP contribution in [0.4, 0.5) is 16.5 Å². The van der Waals surface area contributed by atoms with Crippen molar-refractivity contribution >= 4 is 27.8 Å². The molecule has 0 amide bonds. The number of thiazole rings is 1. The molecule has 4 aromatic rings. The fourth-order valence-electron chi connectivity index (χ4n) is 3.76. The van der Waals surface area contributed by atoms with Gasteiger partial charge < -0.3 is 19.9 Å². The highest BCUT2D eigenvalue weighted by atomic mass is 32.1. The molecule has 0 radical (unpaired) electrons. The number of hydrogen-bond donors (Lipinski definition) is 1. The van der Waals surface area contributed by atoms with Crippen LogP contribution < -0.4 is 15.0 Å². The SMILES string of the molecule is CN1CCN(c2ccc(-c3csc(Nc4cccc(Oc5ccccc5)c4)n3)cc2)CC1. The van der Waals surface area contributed by atoms with Crippen LogP contribution in [0.15, 0.2) is 84.2 Å². The number of benzene rings is 3. The largest absolute Gasteiger partial charge is 0.457 e. The zero-order valence-electron chi connectivity index (χ0n) is 18.1. The molecule has 0 atom stereocenters. The van der Waals surface area contributed by atoms with E-state index in [1.54, 1.807) is 11.3 Å². The Hall–Kier alpha value is -3.35. The summed E-state index contributed by atoms with van der Waals surface area (Å²) in [6.45, 7) is 4.38. The van der Waals surface area contributed by atoms with Crippen molar-refractivity contribution in [2.75, 3.05) is 43.4 Å². The van der Waals surface area contributed by atoms with Crippen LogP contribution in [-0.2, 0) is 0 Å². The first-order valence-electron chi connectivity index (χ1n) is 10.8. The van der Waals surface area contributed by atoms with Crippen LogP contribution in [0, 0.1) is 0 Å². The van der Waals surface area contributed by atoms with Gasteiger partial charge >= 0.3 is 0 Å². The third-order valence-corrected chi connectivity index (χ3v) is 6.36. The van der Waals surface area contributed by atoms with Crippen molar-refractivity contribution in [3.8, 4) is 22.8 Å². The minimum atomic E-state index is 0.789. The van der Waals surface area contributed by atoms with Gasteiger partial charge in [0.1, 0.15) is 11.5 Å². The number of likely N-dealkylation sites (N-methyl/N-ethyl adjacent to an activating group) is 1. The molecule has 32 heavy (non-hydrogen) atoms. The number of nitrogens with one attached hydrogen (secondary N) is 1. The molecule has 0 unspecified atom stereocenters. The van der Waals surface area contributed by atoms with Crippen LogP contribution in [0.3, 0.4) is 0 Å². The van der Waals surface area contributed by atoms with Crippen molar-refractivity contribution in [1.82, 2.24) is 9.88 Å². The normalized spacial score (nSPS) is 14.3. The molecule has 5 rings (SSSR count). The smallest absolute Gasteiger partial charge is 0.187 e. The molecule has 3 aromatic carbocycles. The Bertz CT molecular complexity index is 1150. The number of anilines is 3. The van der Waals surface area contributed by atoms with Gasteiger partial charge in [-0.2, -0.15) is 0 Å². The topological polar surface area (TPSA) is 40.6 Å². The Morgan fingerprint density at radius 1 is 0.844 bits per heavy atom. The maximum absolute atomic E-state index is 5.93. The number of piperazine rings is 1. The van der Waals surface area contributed by atoms with E-state index in [0.29, 0.717) is 0 Å². The van der Waals surface area contributed by atoms with Gasteiger partial charge in [0.2, 0.25) is 0 Å². The zero-order chi connectivity index (χ0) is 21.8. The predicted octanol–water partition coefficient (Wildman–Crippen LogP) is 6.10. The van der Waals surface area contributed by atoms with Gasteiger partial charge in [0.05, 0.1) is 5.69 Å². The lowest BCUT2D eigenvalue weighted by Crippen LogP contribution is -2.44. The molecule has 2 heterocycles. The molecule has 1 saturated heterocycles. The molecule has 0 aliphatic carbocycles. The summed E-state index contributed by atoms with van der Waals surface area (Å²) in [4.78, 5) is 9.61. The van der Waals surface area contributed by atoms with Crippen LogP contribution >= 0.6 is 11.3 Å². The van der Waals surface area contributed by atoms with Gasteiger partial charge in [0.15, 0.2) is 5.13 Å². The van der Waals surface area contributed by atoms with E-state index in [1.165, 1.54) is 5.69 Å². The Morgan fingerprint density at radius 2 is 1.59 bits per heavy atom. The first-order chi connectivity index (χ1) is 15.7. The molecule has 0 saturated carbocycles. The van der Waals surface area contributed by atoms with E-state index >= 15 is 0 Å². The lowest BCUT2D eigenvalue weighted by molar-refractivity contribution is 0.313. The third kappa shape index (κ3) is 4.93. The van der Waals surface area contributed by atoms with E-state index in [4.69, 9.17) is 9.72 Å². The zero-order valence-corrected chi connectivity index (χ0v) is 18.9. The summed E-state index contributed by atoms with van der Waals surface area (Å²) in [7, 11) is 2.18. The molecule has 162 valence electrons. The van der Waals surface area contributed by atoms with Gasteiger partial charge in [0, 0.05) is 54.6 Å². The molecule has 1 aliphatic heterocycles. The van der Waals surface area contributed by atoms with Gasteiger partial charge in [0.25, 0.3) is 0 Å². The summed E-state index contributed by atoms with van der Waals surface area (Å²) in [5.41, 5.74) is 4.35. The highest BCUT2D eigenvalue weighted by Crippen LogP contribution is 2.30. The van der Waals surface area contributed by atoms with E-state index in [9.17, 15) is 0 Å². The van der Waals surface area contributed by atoms with E-state index in [-0.39, 0.29) is 0 Å². The molecular weight excluding hydrogens is 416 g/mol. The summed E-state index contributed by atoms with van der Waals surface area (Å²) >= 11 is 1.60. The van der Waals surface area contributed by atoms with Gasteiger partial charge in [-0.1, -0.05) is 36.4 Å². The van der Waals surface area contributed by atoms with E-state index in [2.05, 4.69) is 51.8 Å². The van der Waals surface area contributed by atoms with Crippen LogP contribution in [-0.4, -0.2) is 43.1 Å². The van der Waals surface area contributed by atoms with Crippen molar-refractivity contribution in [2.24, 2.45) is 0 Å². The second-order valence-corrected chi connectivity index (χ2v) is 8.80. The van der Waals surface area contributed by atoms with Crippen LogP contribution in [0.2, 0.25) is 0 Å². The molecule has 0 bridgehead atoms. The van der Waals surface area contributed by atoms with E-state index in [1.807, 2.05) is 54.6 Å². The van der Waals surface area contributed by atoms with E-state index < -0.39 is 0 Å². The second kappa shape index (κ2) is 9.42. The standard InChI is InChI=1S/C26H26N4OS/c1-29-14-16-30(17-15-29)22-12-10-20(11-13-22)25-19-32-26(28-25)27-21-6-5-9-24(18-21)31-23-7-3-2-4-8-23/h2-13,18-19H,14-17H2,1H3,(H,27,28). The van der Waals surface area contributed by atoms with Crippen molar-refractivity contribution in [3.63, 3.8) is 0 Å². The fourth-order valence-corrected chi connectivity index (χ4v) is 4.50. The summed E-state index contributed by atoms with van der Waals surface area (Å²) in [5, 5.41) is 6.36. The summed E-state index contributed by atoms with van der Waals surface area (Å²) in [6.07, 6.45) is 0. The highest BCUT2D eigenvalue weighted by molar-refractivity contribution is 7.14. The number of nitrogens with zero attached hydrogens (tertiary/aromatic N) is 3. The average Bonchev–Trinajstić information content (AvgIpc) is 3.29. The summed E-state index contributed by atoms with van der Waals surface area (Å²) in [6, 6.07) is 26.5. The second-order valence-electron chi connectivity index (χ2n) is 7.94. The monoisotopic (exact) mass is 442 g/mol. The molecule has 1 aliphatic rings. The first kappa shape index (κ1) is 20.5. The number of rotatable bonds is 6.